The molecule has 0 aliphatic carbocycles. The van der Waals surface area contributed by atoms with E-state index in [0.717, 1.165) is 0 Å². The van der Waals surface area contributed by atoms with Crippen molar-refractivity contribution in [3.8, 4) is 11.5 Å². The van der Waals surface area contributed by atoms with E-state index < -0.39 is 6.10 Å². The zero-order chi connectivity index (χ0) is 13.5. The largest absolute Gasteiger partial charge is 0.497 e. The molecule has 6 nitrogen and oxygen atoms in total. The molecule has 7 heteroatoms. The summed E-state index contributed by atoms with van der Waals surface area (Å²) < 4.78 is 10.2. The lowest BCUT2D eigenvalue weighted by molar-refractivity contribution is -0.120. The lowest BCUT2D eigenvalue weighted by Gasteiger charge is -2.16. The molecule has 0 bridgehead atoms. The normalized spacial score (nSPS) is 11.2. The molecule has 1 atom stereocenters. The Balaban J connectivity index is 0.00000324. The lowest BCUT2D eigenvalue weighted by atomic mass is 10.1. The number of halogens is 1. The second-order valence-electron chi connectivity index (χ2n) is 3.63. The van der Waals surface area contributed by atoms with Crippen LogP contribution in [0.15, 0.2) is 18.2 Å². The summed E-state index contributed by atoms with van der Waals surface area (Å²) in [5.41, 5.74) is 5.71. The zero-order valence-electron chi connectivity index (χ0n) is 10.9. The third kappa shape index (κ3) is 4.94. The summed E-state index contributed by atoms with van der Waals surface area (Å²) in [7, 11) is 3.05. The van der Waals surface area contributed by atoms with Gasteiger partial charge in [0.1, 0.15) is 11.5 Å². The highest BCUT2D eigenvalue weighted by atomic mass is 35.5. The second kappa shape index (κ2) is 8.58. The number of methoxy groups -OCH3 is 2. The van der Waals surface area contributed by atoms with E-state index in [0.29, 0.717) is 17.1 Å². The highest BCUT2D eigenvalue weighted by Gasteiger charge is 2.15. The van der Waals surface area contributed by atoms with E-state index >= 15 is 0 Å². The highest BCUT2D eigenvalue weighted by molar-refractivity contribution is 5.85. The van der Waals surface area contributed by atoms with Crippen molar-refractivity contribution in [3.63, 3.8) is 0 Å². The molecule has 19 heavy (non-hydrogen) atoms. The summed E-state index contributed by atoms with van der Waals surface area (Å²) >= 11 is 0. The van der Waals surface area contributed by atoms with Gasteiger partial charge < -0.3 is 25.6 Å². The van der Waals surface area contributed by atoms with Gasteiger partial charge in [0.05, 0.1) is 26.9 Å². The van der Waals surface area contributed by atoms with Gasteiger partial charge >= 0.3 is 0 Å². The first-order chi connectivity index (χ1) is 8.62. The molecule has 0 aliphatic rings. The maximum atomic E-state index is 11.0. The van der Waals surface area contributed by atoms with Crippen LogP contribution in [0.2, 0.25) is 0 Å². The van der Waals surface area contributed by atoms with E-state index in [9.17, 15) is 9.90 Å². The first-order valence-corrected chi connectivity index (χ1v) is 5.49. The summed E-state index contributed by atoms with van der Waals surface area (Å²) in [6.07, 6.45) is -0.884. The standard InChI is InChI=1S/C12H18N2O4.ClH/c1-17-8-3-4-11(18-2)9(5-8)10(15)7-14-12(16)6-13;/h3-5,10,15H,6-7,13H2,1-2H3,(H,14,16);1H. The Labute approximate surface area is 118 Å². The molecular formula is C12H19ClN2O4. The number of benzene rings is 1. The minimum absolute atomic E-state index is 0. The molecule has 0 saturated carbocycles. The Hall–Kier alpha value is -1.50. The van der Waals surface area contributed by atoms with Crippen LogP contribution in [-0.4, -0.2) is 38.3 Å². The summed E-state index contributed by atoms with van der Waals surface area (Å²) in [4.78, 5) is 11.0. The average molecular weight is 291 g/mol. The van der Waals surface area contributed by atoms with Crippen molar-refractivity contribution in [3.05, 3.63) is 23.8 Å². The SMILES string of the molecule is COc1ccc(OC)c(C(O)CNC(=O)CN)c1.Cl. The van der Waals surface area contributed by atoms with E-state index in [4.69, 9.17) is 15.2 Å². The van der Waals surface area contributed by atoms with Gasteiger partial charge in [-0.2, -0.15) is 0 Å². The molecule has 0 aliphatic heterocycles. The fourth-order valence-electron chi connectivity index (χ4n) is 1.49. The number of rotatable bonds is 6. The number of ether oxygens (including phenoxy) is 2. The molecule has 108 valence electrons. The molecule has 0 spiro atoms. The third-order valence-corrected chi connectivity index (χ3v) is 2.47. The Morgan fingerprint density at radius 3 is 2.63 bits per heavy atom. The number of hydrogen-bond donors (Lipinski definition) is 3. The maximum Gasteiger partial charge on any atom is 0.233 e. The van der Waals surface area contributed by atoms with Gasteiger partial charge in [0.15, 0.2) is 0 Å². The van der Waals surface area contributed by atoms with Crippen LogP contribution in [-0.2, 0) is 4.79 Å². The topological polar surface area (TPSA) is 93.8 Å². The summed E-state index contributed by atoms with van der Waals surface area (Å²) in [5, 5.41) is 12.5. The van der Waals surface area contributed by atoms with Crippen LogP contribution in [0.3, 0.4) is 0 Å². The van der Waals surface area contributed by atoms with Crippen LogP contribution in [0.4, 0.5) is 0 Å². The highest BCUT2D eigenvalue weighted by Crippen LogP contribution is 2.28. The predicted molar refractivity (Wildman–Crippen MR) is 73.8 cm³/mol. The van der Waals surface area contributed by atoms with E-state index in [1.54, 1.807) is 18.2 Å². The van der Waals surface area contributed by atoms with Gasteiger partial charge in [-0.15, -0.1) is 12.4 Å². The van der Waals surface area contributed by atoms with Crippen molar-refractivity contribution in [2.45, 2.75) is 6.10 Å². The van der Waals surface area contributed by atoms with Crippen LogP contribution in [0.25, 0.3) is 0 Å². The van der Waals surface area contributed by atoms with Gasteiger partial charge in [0.25, 0.3) is 0 Å². The van der Waals surface area contributed by atoms with Crippen molar-refractivity contribution < 1.29 is 19.4 Å². The molecule has 1 aromatic rings. The van der Waals surface area contributed by atoms with E-state index in [1.807, 2.05) is 0 Å². The van der Waals surface area contributed by atoms with Gasteiger partial charge in [-0.3, -0.25) is 4.79 Å². The van der Waals surface area contributed by atoms with Gasteiger partial charge in [-0.25, -0.2) is 0 Å². The van der Waals surface area contributed by atoms with Gasteiger partial charge in [0.2, 0.25) is 5.91 Å². The third-order valence-electron chi connectivity index (χ3n) is 2.47. The Bertz CT molecular complexity index is 415. The monoisotopic (exact) mass is 290 g/mol. The molecule has 1 aromatic carbocycles. The molecule has 0 heterocycles. The molecule has 1 rings (SSSR count). The summed E-state index contributed by atoms with van der Waals surface area (Å²) in [5.74, 6) is 0.816. The number of hydrogen-bond acceptors (Lipinski definition) is 5. The van der Waals surface area contributed by atoms with Crippen LogP contribution in [0.1, 0.15) is 11.7 Å². The van der Waals surface area contributed by atoms with Crippen molar-refractivity contribution in [2.75, 3.05) is 27.3 Å². The van der Waals surface area contributed by atoms with Crippen molar-refractivity contribution in [1.29, 1.82) is 0 Å². The average Bonchev–Trinajstić information content (AvgIpc) is 2.43. The molecular weight excluding hydrogens is 272 g/mol. The van der Waals surface area contributed by atoms with Crippen molar-refractivity contribution in [1.82, 2.24) is 5.32 Å². The second-order valence-corrected chi connectivity index (χ2v) is 3.63. The van der Waals surface area contributed by atoms with E-state index in [-0.39, 0.29) is 31.4 Å². The Morgan fingerprint density at radius 1 is 1.42 bits per heavy atom. The Morgan fingerprint density at radius 2 is 2.11 bits per heavy atom. The van der Waals surface area contributed by atoms with Crippen LogP contribution >= 0.6 is 12.4 Å². The number of aliphatic hydroxyl groups is 1. The van der Waals surface area contributed by atoms with Crippen molar-refractivity contribution in [2.24, 2.45) is 5.73 Å². The fraction of sp³-hybridized carbons (Fsp3) is 0.417. The molecule has 0 saturated heterocycles. The van der Waals surface area contributed by atoms with Crippen molar-refractivity contribution >= 4 is 18.3 Å². The molecule has 4 N–H and O–H groups in total. The maximum absolute atomic E-state index is 11.0. The quantitative estimate of drug-likeness (QED) is 0.697. The number of nitrogens with one attached hydrogen (secondary N) is 1. The van der Waals surface area contributed by atoms with Crippen LogP contribution in [0.5, 0.6) is 11.5 Å². The molecule has 1 unspecified atom stereocenters. The Kier molecular flexibility index (Phi) is 7.90. The smallest absolute Gasteiger partial charge is 0.233 e. The predicted octanol–water partition coefficient (Wildman–Crippen LogP) is 0.234. The lowest BCUT2D eigenvalue weighted by Crippen LogP contribution is -2.33. The van der Waals surface area contributed by atoms with Crippen LogP contribution < -0.4 is 20.5 Å². The molecule has 1 amide bonds. The molecule has 0 aromatic heterocycles. The number of amides is 1. The number of carbonyl (C=O) groups excluding carboxylic acids is 1. The number of aliphatic hydroxyl groups excluding tert-OH is 1. The molecule has 0 radical (unpaired) electrons. The first-order valence-electron chi connectivity index (χ1n) is 5.49. The first kappa shape index (κ1) is 17.5. The number of nitrogens with two attached hydrogens (primary N) is 1. The van der Waals surface area contributed by atoms with Gasteiger partial charge in [-0.05, 0) is 18.2 Å². The van der Waals surface area contributed by atoms with E-state index in [1.165, 1.54) is 14.2 Å². The fourth-order valence-corrected chi connectivity index (χ4v) is 1.49. The zero-order valence-corrected chi connectivity index (χ0v) is 11.7. The summed E-state index contributed by atoms with van der Waals surface area (Å²) in [6.45, 7) is -0.0402. The summed E-state index contributed by atoms with van der Waals surface area (Å²) in [6, 6.07) is 5.09. The van der Waals surface area contributed by atoms with Crippen LogP contribution in [0, 0.1) is 0 Å². The van der Waals surface area contributed by atoms with Gasteiger partial charge in [-0.1, -0.05) is 0 Å². The molecule has 0 fully saturated rings. The van der Waals surface area contributed by atoms with Gasteiger partial charge in [0, 0.05) is 12.1 Å². The minimum atomic E-state index is -0.884. The number of carbonyl (C=O) groups is 1. The minimum Gasteiger partial charge on any atom is -0.497 e. The van der Waals surface area contributed by atoms with E-state index in [2.05, 4.69) is 5.32 Å².